The lowest BCUT2D eigenvalue weighted by molar-refractivity contribution is -0.146. The van der Waals surface area contributed by atoms with Crippen LogP contribution in [0.1, 0.15) is 44.6 Å². The topological polar surface area (TPSA) is 63.2 Å². The van der Waals surface area contributed by atoms with Gasteiger partial charge in [-0.1, -0.05) is 19.1 Å². The summed E-state index contributed by atoms with van der Waals surface area (Å²) in [6, 6.07) is 8.25. The first kappa shape index (κ1) is 24.5. The van der Waals surface area contributed by atoms with E-state index in [1.165, 1.54) is 12.7 Å². The molecular formula is C21H34IN3O3. The highest BCUT2D eigenvalue weighted by molar-refractivity contribution is 14.0. The summed E-state index contributed by atoms with van der Waals surface area (Å²) in [7, 11) is 3.15. The summed E-state index contributed by atoms with van der Waals surface area (Å²) in [4.78, 5) is 18.8. The van der Waals surface area contributed by atoms with Crippen LogP contribution in [0.5, 0.6) is 5.75 Å². The molecule has 2 rings (SSSR count). The van der Waals surface area contributed by atoms with E-state index in [9.17, 15) is 4.79 Å². The van der Waals surface area contributed by atoms with Gasteiger partial charge >= 0.3 is 5.97 Å². The lowest BCUT2D eigenvalue weighted by atomic mass is 9.97. The van der Waals surface area contributed by atoms with Gasteiger partial charge in [0.1, 0.15) is 5.75 Å². The van der Waals surface area contributed by atoms with Gasteiger partial charge < -0.3 is 19.7 Å². The van der Waals surface area contributed by atoms with Crippen LogP contribution >= 0.6 is 24.0 Å². The molecule has 1 aliphatic heterocycles. The Morgan fingerprint density at radius 2 is 1.89 bits per heavy atom. The maximum Gasteiger partial charge on any atom is 0.308 e. The normalized spacial score (nSPS) is 16.1. The van der Waals surface area contributed by atoms with Crippen LogP contribution in [0.4, 0.5) is 0 Å². The van der Waals surface area contributed by atoms with E-state index in [1.807, 2.05) is 12.1 Å². The maximum atomic E-state index is 11.7. The number of guanidine groups is 1. The molecule has 0 aromatic heterocycles. The Morgan fingerprint density at radius 3 is 2.43 bits per heavy atom. The van der Waals surface area contributed by atoms with Gasteiger partial charge in [-0.2, -0.15) is 0 Å². The number of nitrogens with zero attached hydrogens (tertiary/aromatic N) is 2. The monoisotopic (exact) mass is 503 g/mol. The summed E-state index contributed by atoms with van der Waals surface area (Å²) in [5.41, 5.74) is 1.30. The van der Waals surface area contributed by atoms with Gasteiger partial charge in [-0.3, -0.25) is 9.79 Å². The Bertz CT molecular complexity index is 614. The van der Waals surface area contributed by atoms with Crippen molar-refractivity contribution >= 4 is 35.9 Å². The van der Waals surface area contributed by atoms with Crippen LogP contribution in [0.2, 0.25) is 0 Å². The molecular weight excluding hydrogens is 469 g/mol. The molecule has 1 unspecified atom stereocenters. The van der Waals surface area contributed by atoms with E-state index >= 15 is 0 Å². The lowest BCUT2D eigenvalue weighted by Gasteiger charge is -2.33. The van der Waals surface area contributed by atoms with Crippen LogP contribution in [0, 0.1) is 5.92 Å². The number of aliphatic imine (C=N–C) groups is 1. The van der Waals surface area contributed by atoms with Crippen LogP contribution in [0.15, 0.2) is 29.3 Å². The van der Waals surface area contributed by atoms with Gasteiger partial charge in [0.05, 0.1) is 20.1 Å². The fourth-order valence-corrected chi connectivity index (χ4v) is 3.38. The number of hydrogen-bond donors (Lipinski definition) is 1. The van der Waals surface area contributed by atoms with Crippen LogP contribution in [-0.4, -0.2) is 57.2 Å². The van der Waals surface area contributed by atoms with Crippen molar-refractivity contribution in [2.75, 3.05) is 40.4 Å². The second kappa shape index (κ2) is 12.9. The molecule has 1 aliphatic rings. The fraction of sp³-hybridized carbons (Fsp3) is 0.619. The number of carbonyl (C=O) groups is 1. The maximum absolute atomic E-state index is 11.7. The highest BCUT2D eigenvalue weighted by Gasteiger charge is 2.26. The van der Waals surface area contributed by atoms with Crippen molar-refractivity contribution in [1.82, 2.24) is 10.2 Å². The third-order valence-electron chi connectivity index (χ3n) is 5.17. The molecule has 6 nitrogen and oxygen atoms in total. The van der Waals surface area contributed by atoms with Gasteiger partial charge in [0.2, 0.25) is 0 Å². The number of nitrogens with one attached hydrogen (secondary N) is 1. The standard InChI is InChI=1S/C21H33N3O3.HI/c1-5-22-21(24-14-11-18(12-15-24)20(25)27-4)23-13-10-16(2)17-6-8-19(26-3)9-7-17;/h6-9,16,18H,5,10-15H2,1-4H3,(H,22,23);1H. The predicted octanol–water partition coefficient (Wildman–Crippen LogP) is 3.66. The third-order valence-corrected chi connectivity index (χ3v) is 5.17. The van der Waals surface area contributed by atoms with Crippen molar-refractivity contribution in [3.05, 3.63) is 29.8 Å². The number of rotatable bonds is 7. The number of methoxy groups -OCH3 is 2. The molecule has 0 radical (unpaired) electrons. The first-order valence-electron chi connectivity index (χ1n) is 9.84. The van der Waals surface area contributed by atoms with Crippen molar-refractivity contribution in [2.45, 2.75) is 39.0 Å². The second-order valence-corrected chi connectivity index (χ2v) is 6.98. The number of piperidine rings is 1. The van der Waals surface area contributed by atoms with E-state index in [2.05, 4.69) is 36.2 Å². The molecule has 1 aromatic rings. The number of likely N-dealkylation sites (tertiary alicyclic amines) is 1. The molecule has 158 valence electrons. The summed E-state index contributed by atoms with van der Waals surface area (Å²) >= 11 is 0. The SMILES string of the molecule is CCNC(=NCCC(C)c1ccc(OC)cc1)N1CCC(C(=O)OC)CC1.I. The van der Waals surface area contributed by atoms with Crippen molar-refractivity contribution in [1.29, 1.82) is 0 Å². The smallest absolute Gasteiger partial charge is 0.308 e. The van der Waals surface area contributed by atoms with E-state index < -0.39 is 0 Å². The average molecular weight is 503 g/mol. The third kappa shape index (κ3) is 7.14. The van der Waals surface area contributed by atoms with Crippen LogP contribution in [0.3, 0.4) is 0 Å². The second-order valence-electron chi connectivity index (χ2n) is 6.98. The first-order valence-corrected chi connectivity index (χ1v) is 9.84. The molecule has 1 fully saturated rings. The van der Waals surface area contributed by atoms with Gasteiger partial charge in [0.25, 0.3) is 0 Å². The molecule has 28 heavy (non-hydrogen) atoms. The summed E-state index contributed by atoms with van der Waals surface area (Å²) in [6.07, 6.45) is 2.62. The van der Waals surface area contributed by atoms with Crippen LogP contribution in [0.25, 0.3) is 0 Å². The summed E-state index contributed by atoms with van der Waals surface area (Å²) in [5.74, 6) is 2.19. The molecule has 1 atom stereocenters. The zero-order valence-corrected chi connectivity index (χ0v) is 19.8. The van der Waals surface area contributed by atoms with Crippen molar-refractivity contribution in [3.8, 4) is 5.75 Å². The number of esters is 1. The molecule has 0 bridgehead atoms. The van der Waals surface area contributed by atoms with Gasteiger partial charge in [-0.15, -0.1) is 24.0 Å². The van der Waals surface area contributed by atoms with Crippen molar-refractivity contribution < 1.29 is 14.3 Å². The number of benzene rings is 1. The summed E-state index contributed by atoms with van der Waals surface area (Å²) in [5, 5.41) is 3.38. The molecule has 0 saturated carbocycles. The largest absolute Gasteiger partial charge is 0.497 e. The summed E-state index contributed by atoms with van der Waals surface area (Å²) in [6.45, 7) is 7.58. The minimum Gasteiger partial charge on any atom is -0.497 e. The first-order chi connectivity index (χ1) is 13.1. The van der Waals surface area contributed by atoms with Gasteiger partial charge in [-0.25, -0.2) is 0 Å². The zero-order valence-electron chi connectivity index (χ0n) is 17.4. The molecule has 1 heterocycles. The minimum atomic E-state index is -0.0927. The molecule has 1 saturated heterocycles. The lowest BCUT2D eigenvalue weighted by Crippen LogP contribution is -2.46. The zero-order chi connectivity index (χ0) is 19.6. The quantitative estimate of drug-likeness (QED) is 0.267. The van der Waals surface area contributed by atoms with Gasteiger partial charge in [0, 0.05) is 26.2 Å². The van der Waals surface area contributed by atoms with E-state index in [4.69, 9.17) is 14.5 Å². The molecule has 0 amide bonds. The Balaban J connectivity index is 0.00000392. The van der Waals surface area contributed by atoms with E-state index in [0.29, 0.717) is 5.92 Å². The number of halogens is 1. The Hall–Kier alpha value is -1.51. The van der Waals surface area contributed by atoms with Crippen LogP contribution < -0.4 is 10.1 Å². The predicted molar refractivity (Wildman–Crippen MR) is 124 cm³/mol. The molecule has 7 heteroatoms. The Morgan fingerprint density at radius 1 is 1.25 bits per heavy atom. The average Bonchev–Trinajstić information content (AvgIpc) is 2.72. The fourth-order valence-electron chi connectivity index (χ4n) is 3.38. The Labute approximate surface area is 186 Å². The van der Waals surface area contributed by atoms with Gasteiger partial charge in [-0.05, 0) is 49.8 Å². The van der Waals surface area contributed by atoms with E-state index in [0.717, 1.165) is 57.2 Å². The summed E-state index contributed by atoms with van der Waals surface area (Å²) < 4.78 is 10.1. The van der Waals surface area contributed by atoms with Crippen molar-refractivity contribution in [3.63, 3.8) is 0 Å². The molecule has 1 aromatic carbocycles. The van der Waals surface area contributed by atoms with Gasteiger partial charge in [0.15, 0.2) is 5.96 Å². The van der Waals surface area contributed by atoms with Crippen LogP contribution in [-0.2, 0) is 9.53 Å². The van der Waals surface area contributed by atoms with E-state index in [1.54, 1.807) is 7.11 Å². The highest BCUT2D eigenvalue weighted by Crippen LogP contribution is 2.22. The Kier molecular flexibility index (Phi) is 11.3. The van der Waals surface area contributed by atoms with Crippen molar-refractivity contribution in [2.24, 2.45) is 10.9 Å². The van der Waals surface area contributed by atoms with E-state index in [-0.39, 0.29) is 35.9 Å². The minimum absolute atomic E-state index is 0. The molecule has 0 spiro atoms. The number of ether oxygens (including phenoxy) is 2. The number of hydrogen-bond acceptors (Lipinski definition) is 4. The molecule has 1 N–H and O–H groups in total. The number of carbonyl (C=O) groups excluding carboxylic acids is 1. The highest BCUT2D eigenvalue weighted by atomic mass is 127. The molecule has 0 aliphatic carbocycles.